The molecule has 2 rings (SSSR count). The summed E-state index contributed by atoms with van der Waals surface area (Å²) in [5.74, 6) is -1.26. The molecule has 1 heterocycles. The number of anilines is 1. The number of hydrogen-bond donors (Lipinski definition) is 2. The highest BCUT2D eigenvalue weighted by Gasteiger charge is 2.12. The Morgan fingerprint density at radius 3 is 2.79 bits per heavy atom. The molecular formula is C13H10ClNO4. The van der Waals surface area contributed by atoms with E-state index in [-0.39, 0.29) is 22.4 Å². The summed E-state index contributed by atoms with van der Waals surface area (Å²) in [5.41, 5.74) is 5.52. The summed E-state index contributed by atoms with van der Waals surface area (Å²) in [7, 11) is 0. The molecule has 98 valence electrons. The lowest BCUT2D eigenvalue weighted by molar-refractivity contribution is -0.132. The topological polar surface area (TPSA) is 93.5 Å². The third-order valence-electron chi connectivity index (χ3n) is 2.61. The molecule has 6 heteroatoms. The van der Waals surface area contributed by atoms with Gasteiger partial charge in [-0.05, 0) is 31.2 Å². The number of carbonyl (C=O) groups is 1. The second kappa shape index (κ2) is 4.78. The predicted molar refractivity (Wildman–Crippen MR) is 73.2 cm³/mol. The molecule has 0 fully saturated rings. The minimum atomic E-state index is -1.13. The number of benzene rings is 1. The number of carboxylic acids is 1. The van der Waals surface area contributed by atoms with Gasteiger partial charge in [-0.1, -0.05) is 11.6 Å². The van der Waals surface area contributed by atoms with Crippen LogP contribution in [0.5, 0.6) is 0 Å². The van der Waals surface area contributed by atoms with Crippen LogP contribution in [0.3, 0.4) is 0 Å². The fourth-order valence-electron chi connectivity index (χ4n) is 1.61. The van der Waals surface area contributed by atoms with Gasteiger partial charge in [-0.3, -0.25) is 4.79 Å². The molecule has 0 amide bonds. The highest BCUT2D eigenvalue weighted by Crippen LogP contribution is 2.22. The fourth-order valence-corrected chi connectivity index (χ4v) is 1.79. The van der Waals surface area contributed by atoms with E-state index in [1.807, 2.05) is 0 Å². The van der Waals surface area contributed by atoms with E-state index < -0.39 is 11.4 Å². The Labute approximate surface area is 112 Å². The highest BCUT2D eigenvalue weighted by atomic mass is 35.5. The number of nitrogens with two attached hydrogens (primary N) is 1. The van der Waals surface area contributed by atoms with Crippen LogP contribution in [0.4, 0.5) is 5.88 Å². The Morgan fingerprint density at radius 2 is 2.16 bits per heavy atom. The van der Waals surface area contributed by atoms with Crippen LogP contribution in [-0.4, -0.2) is 11.1 Å². The summed E-state index contributed by atoms with van der Waals surface area (Å²) in [6, 6.07) is 4.56. The molecule has 0 saturated carbocycles. The van der Waals surface area contributed by atoms with Crippen molar-refractivity contribution in [2.75, 3.05) is 5.73 Å². The van der Waals surface area contributed by atoms with Crippen molar-refractivity contribution in [1.29, 1.82) is 0 Å². The average molecular weight is 280 g/mol. The molecule has 0 aliphatic heterocycles. The first kappa shape index (κ1) is 13.2. The molecule has 1 aromatic carbocycles. The Kier molecular flexibility index (Phi) is 3.31. The van der Waals surface area contributed by atoms with Gasteiger partial charge in [0.2, 0.25) is 11.3 Å². The lowest BCUT2D eigenvalue weighted by Crippen LogP contribution is -2.10. The maximum Gasteiger partial charge on any atom is 0.331 e. The first-order valence-corrected chi connectivity index (χ1v) is 5.71. The van der Waals surface area contributed by atoms with E-state index in [0.717, 1.165) is 0 Å². The van der Waals surface area contributed by atoms with Gasteiger partial charge in [0, 0.05) is 10.6 Å². The summed E-state index contributed by atoms with van der Waals surface area (Å²) in [6.07, 6.45) is 1.18. The van der Waals surface area contributed by atoms with Crippen molar-refractivity contribution in [2.24, 2.45) is 0 Å². The van der Waals surface area contributed by atoms with Crippen LogP contribution < -0.4 is 11.2 Å². The lowest BCUT2D eigenvalue weighted by Gasteiger charge is -2.03. The molecule has 0 aliphatic carbocycles. The Bertz CT molecular complexity index is 761. The van der Waals surface area contributed by atoms with Crippen LogP contribution >= 0.6 is 11.6 Å². The third kappa shape index (κ3) is 2.46. The average Bonchev–Trinajstić information content (AvgIpc) is 2.35. The molecule has 2 aromatic rings. The van der Waals surface area contributed by atoms with Crippen LogP contribution in [0.25, 0.3) is 17.0 Å². The Balaban J connectivity index is 2.79. The molecule has 0 bridgehead atoms. The molecule has 19 heavy (non-hydrogen) atoms. The largest absolute Gasteiger partial charge is 0.478 e. The number of aliphatic carboxylic acids is 1. The van der Waals surface area contributed by atoms with Crippen molar-refractivity contribution in [1.82, 2.24) is 0 Å². The number of nitrogen functional groups attached to an aromatic ring is 1. The zero-order valence-corrected chi connectivity index (χ0v) is 10.7. The molecule has 0 radical (unpaired) electrons. The highest BCUT2D eigenvalue weighted by molar-refractivity contribution is 6.31. The maximum absolute atomic E-state index is 12.2. The minimum Gasteiger partial charge on any atom is -0.478 e. The van der Waals surface area contributed by atoms with E-state index in [9.17, 15) is 9.59 Å². The van der Waals surface area contributed by atoms with Crippen LogP contribution in [0.1, 0.15) is 12.5 Å². The van der Waals surface area contributed by atoms with E-state index in [4.69, 9.17) is 26.9 Å². The van der Waals surface area contributed by atoms with Crippen molar-refractivity contribution in [3.63, 3.8) is 0 Å². The van der Waals surface area contributed by atoms with E-state index >= 15 is 0 Å². The molecule has 0 unspecified atom stereocenters. The first-order chi connectivity index (χ1) is 8.90. The monoisotopic (exact) mass is 279 g/mol. The zero-order chi connectivity index (χ0) is 14.2. The van der Waals surface area contributed by atoms with E-state index in [1.54, 1.807) is 6.07 Å². The van der Waals surface area contributed by atoms with E-state index in [1.165, 1.54) is 25.1 Å². The SMILES string of the molecule is C/C(=C\c1c(N)oc2ccc(Cl)cc2c1=O)C(=O)O. The molecular weight excluding hydrogens is 270 g/mol. The molecule has 3 N–H and O–H groups in total. The second-order valence-electron chi connectivity index (χ2n) is 3.98. The number of fused-ring (bicyclic) bond motifs is 1. The van der Waals surface area contributed by atoms with Gasteiger partial charge >= 0.3 is 5.97 Å². The van der Waals surface area contributed by atoms with Crippen LogP contribution in [0.2, 0.25) is 5.02 Å². The van der Waals surface area contributed by atoms with Crippen molar-refractivity contribution in [3.8, 4) is 0 Å². The Hall–Kier alpha value is -2.27. The maximum atomic E-state index is 12.2. The summed E-state index contributed by atoms with van der Waals surface area (Å²) in [5, 5.41) is 9.46. The molecule has 0 spiro atoms. The molecule has 0 atom stereocenters. The normalized spacial score (nSPS) is 11.8. The van der Waals surface area contributed by atoms with Crippen LogP contribution in [0, 0.1) is 0 Å². The molecule has 5 nitrogen and oxygen atoms in total. The number of halogens is 1. The van der Waals surface area contributed by atoms with Gasteiger partial charge in [-0.2, -0.15) is 0 Å². The molecule has 1 aromatic heterocycles. The predicted octanol–water partition coefficient (Wildman–Crippen LogP) is 2.52. The van der Waals surface area contributed by atoms with Gasteiger partial charge in [0.15, 0.2) is 0 Å². The van der Waals surface area contributed by atoms with Gasteiger partial charge < -0.3 is 15.3 Å². The summed E-state index contributed by atoms with van der Waals surface area (Å²) >= 11 is 5.82. The first-order valence-electron chi connectivity index (χ1n) is 5.33. The van der Waals surface area contributed by atoms with Gasteiger partial charge in [0.1, 0.15) is 5.58 Å². The van der Waals surface area contributed by atoms with Gasteiger partial charge in [0.25, 0.3) is 0 Å². The quantitative estimate of drug-likeness (QED) is 0.824. The zero-order valence-electron chi connectivity index (χ0n) is 9.94. The standard InChI is InChI=1S/C13H10ClNO4/c1-6(13(17)18)4-9-11(16)8-5-7(14)2-3-10(8)19-12(9)15/h2-5H,15H2,1H3,(H,17,18)/b6-4+. The van der Waals surface area contributed by atoms with Crippen LogP contribution in [0.15, 0.2) is 33.0 Å². The van der Waals surface area contributed by atoms with Gasteiger partial charge in [-0.25, -0.2) is 4.79 Å². The summed E-state index contributed by atoms with van der Waals surface area (Å²) in [4.78, 5) is 23.0. The van der Waals surface area contributed by atoms with Crippen molar-refractivity contribution >= 4 is 40.5 Å². The fraction of sp³-hybridized carbons (Fsp3) is 0.0769. The smallest absolute Gasteiger partial charge is 0.331 e. The van der Waals surface area contributed by atoms with Gasteiger partial charge in [-0.15, -0.1) is 0 Å². The van der Waals surface area contributed by atoms with Crippen molar-refractivity contribution in [2.45, 2.75) is 6.92 Å². The van der Waals surface area contributed by atoms with Gasteiger partial charge in [0.05, 0.1) is 10.9 Å². The molecule has 0 saturated heterocycles. The third-order valence-corrected chi connectivity index (χ3v) is 2.85. The summed E-state index contributed by atoms with van der Waals surface area (Å²) in [6.45, 7) is 1.36. The number of carboxylic acid groups (broad SMARTS) is 1. The summed E-state index contributed by atoms with van der Waals surface area (Å²) < 4.78 is 5.29. The van der Waals surface area contributed by atoms with Crippen molar-refractivity contribution in [3.05, 3.63) is 44.6 Å². The van der Waals surface area contributed by atoms with E-state index in [2.05, 4.69) is 0 Å². The second-order valence-corrected chi connectivity index (χ2v) is 4.42. The van der Waals surface area contributed by atoms with E-state index in [0.29, 0.717) is 10.6 Å². The minimum absolute atomic E-state index is 0.00895. The number of hydrogen-bond acceptors (Lipinski definition) is 4. The lowest BCUT2D eigenvalue weighted by atomic mass is 10.1. The van der Waals surface area contributed by atoms with Crippen molar-refractivity contribution < 1.29 is 14.3 Å². The number of rotatable bonds is 2. The van der Waals surface area contributed by atoms with Crippen LogP contribution in [-0.2, 0) is 4.79 Å². The molecule has 0 aliphatic rings. The Morgan fingerprint density at radius 1 is 1.47 bits per heavy atom.